The minimum Gasteiger partial charge on any atom is -0.317 e. The second-order valence-corrected chi connectivity index (χ2v) is 9.46. The van der Waals surface area contributed by atoms with Crippen LogP contribution in [0, 0.1) is 17.7 Å². The molecule has 4 aromatic rings. The monoisotopic (exact) mass is 520 g/mol. The van der Waals surface area contributed by atoms with Gasteiger partial charge in [-0.1, -0.05) is 36.3 Å². The second kappa shape index (κ2) is 12.3. The van der Waals surface area contributed by atoms with Crippen molar-refractivity contribution in [3.8, 4) is 34.4 Å². The standard InChI is InChI=1S/C32H29FN4O2/c33-27-14-12-25(13-15-27)31-32(26-18-20-34-21-19-26)36(23-7-10-24-8-3-1-4-9-24)28(35-31)11-5-2-6-22-37-29(38)16-17-30(37)39/h1,3-4,8-9,12-15,18-21H,2,6-7,10,16-17,22-23H2. The molecule has 1 aliphatic rings. The number of hydrogen-bond donors (Lipinski definition) is 0. The first-order valence-corrected chi connectivity index (χ1v) is 13.2. The molecular formula is C32H29FN4O2. The van der Waals surface area contributed by atoms with E-state index in [9.17, 15) is 14.0 Å². The lowest BCUT2D eigenvalue weighted by Crippen LogP contribution is -2.29. The van der Waals surface area contributed by atoms with E-state index in [1.165, 1.54) is 22.6 Å². The van der Waals surface area contributed by atoms with E-state index in [0.29, 0.717) is 44.6 Å². The summed E-state index contributed by atoms with van der Waals surface area (Å²) in [6.07, 6.45) is 7.03. The first kappa shape index (κ1) is 26.1. The Kier molecular flexibility index (Phi) is 8.23. The van der Waals surface area contributed by atoms with E-state index < -0.39 is 0 Å². The summed E-state index contributed by atoms with van der Waals surface area (Å²) in [6.45, 7) is 1.09. The fourth-order valence-electron chi connectivity index (χ4n) is 4.80. The fourth-order valence-corrected chi connectivity index (χ4v) is 4.80. The number of imidazole rings is 1. The number of likely N-dealkylation sites (tertiary alicyclic amines) is 1. The topological polar surface area (TPSA) is 68.1 Å². The van der Waals surface area contributed by atoms with Gasteiger partial charge in [-0.3, -0.25) is 19.5 Å². The van der Waals surface area contributed by atoms with Crippen LogP contribution >= 0.6 is 0 Å². The van der Waals surface area contributed by atoms with Gasteiger partial charge in [0.05, 0.1) is 11.4 Å². The summed E-state index contributed by atoms with van der Waals surface area (Å²) in [4.78, 5) is 34.2. The molecular weight excluding hydrogens is 491 g/mol. The van der Waals surface area contributed by atoms with Gasteiger partial charge in [0.25, 0.3) is 0 Å². The van der Waals surface area contributed by atoms with Crippen LogP contribution in [0.2, 0.25) is 0 Å². The van der Waals surface area contributed by atoms with Gasteiger partial charge in [0.1, 0.15) is 5.82 Å². The normalized spacial score (nSPS) is 13.0. The zero-order valence-corrected chi connectivity index (χ0v) is 21.6. The van der Waals surface area contributed by atoms with Gasteiger partial charge in [0.15, 0.2) is 5.82 Å². The lowest BCUT2D eigenvalue weighted by atomic mass is 10.1. The Labute approximate surface area is 227 Å². The first-order valence-electron chi connectivity index (χ1n) is 13.2. The summed E-state index contributed by atoms with van der Waals surface area (Å²) in [5.41, 5.74) is 4.67. The number of rotatable bonds is 9. The predicted octanol–water partition coefficient (Wildman–Crippen LogP) is 5.66. The van der Waals surface area contributed by atoms with Crippen molar-refractivity contribution in [3.63, 3.8) is 0 Å². The van der Waals surface area contributed by atoms with E-state index in [0.717, 1.165) is 35.4 Å². The molecule has 1 aliphatic heterocycles. The van der Waals surface area contributed by atoms with Gasteiger partial charge in [-0.2, -0.15) is 0 Å². The smallest absolute Gasteiger partial charge is 0.229 e. The minimum atomic E-state index is -0.304. The number of halogens is 1. The number of carbonyl (C=O) groups excluding carboxylic acids is 2. The summed E-state index contributed by atoms with van der Waals surface area (Å²) < 4.78 is 15.9. The summed E-state index contributed by atoms with van der Waals surface area (Å²) in [5, 5.41) is 0. The van der Waals surface area contributed by atoms with Crippen LogP contribution in [0.1, 0.15) is 43.5 Å². The van der Waals surface area contributed by atoms with Gasteiger partial charge in [-0.15, -0.1) is 0 Å². The van der Waals surface area contributed by atoms with Crippen LogP contribution in [0.15, 0.2) is 79.1 Å². The maximum atomic E-state index is 13.7. The van der Waals surface area contributed by atoms with Crippen LogP contribution in [0.3, 0.4) is 0 Å². The summed E-state index contributed by atoms with van der Waals surface area (Å²) in [5.74, 6) is 6.56. The molecule has 3 heterocycles. The molecule has 0 radical (unpaired) electrons. The molecule has 39 heavy (non-hydrogen) atoms. The second-order valence-electron chi connectivity index (χ2n) is 9.46. The average molecular weight is 521 g/mol. The van der Waals surface area contributed by atoms with Crippen LogP contribution in [0.4, 0.5) is 4.39 Å². The van der Waals surface area contributed by atoms with E-state index in [-0.39, 0.29) is 17.6 Å². The third kappa shape index (κ3) is 6.29. The SMILES string of the molecule is O=C1CCC(=O)N1CCCC#Cc1nc(-c2ccc(F)cc2)c(-c2ccncc2)n1CCCc1ccccc1. The lowest BCUT2D eigenvalue weighted by molar-refractivity contribution is -0.138. The molecule has 6 nitrogen and oxygen atoms in total. The van der Waals surface area contributed by atoms with Crippen molar-refractivity contribution in [2.45, 2.75) is 45.1 Å². The maximum absolute atomic E-state index is 13.7. The Hall–Kier alpha value is -4.57. The Bertz CT molecular complexity index is 1490. The summed E-state index contributed by atoms with van der Waals surface area (Å²) in [6, 6.07) is 20.6. The molecule has 0 unspecified atom stereocenters. The highest BCUT2D eigenvalue weighted by Gasteiger charge is 2.27. The van der Waals surface area contributed by atoms with Gasteiger partial charge in [-0.05, 0) is 67.1 Å². The maximum Gasteiger partial charge on any atom is 0.229 e. The van der Waals surface area contributed by atoms with Crippen LogP contribution in [0.25, 0.3) is 22.5 Å². The first-order chi connectivity index (χ1) is 19.1. The molecule has 5 rings (SSSR count). The Morgan fingerprint density at radius 2 is 1.54 bits per heavy atom. The average Bonchev–Trinajstić information content (AvgIpc) is 3.49. The van der Waals surface area contributed by atoms with E-state index in [2.05, 4.69) is 33.5 Å². The Morgan fingerprint density at radius 1 is 0.821 bits per heavy atom. The number of pyridine rings is 1. The molecule has 7 heteroatoms. The van der Waals surface area contributed by atoms with Crippen LogP contribution in [-0.4, -0.2) is 37.8 Å². The van der Waals surface area contributed by atoms with E-state index in [1.807, 2.05) is 30.3 Å². The van der Waals surface area contributed by atoms with Crippen molar-refractivity contribution >= 4 is 11.8 Å². The number of nitrogens with zero attached hydrogens (tertiary/aromatic N) is 4. The van der Waals surface area contributed by atoms with Crippen molar-refractivity contribution in [1.29, 1.82) is 0 Å². The number of unbranched alkanes of at least 4 members (excludes halogenated alkanes) is 1. The van der Waals surface area contributed by atoms with Crippen molar-refractivity contribution in [2.24, 2.45) is 0 Å². The number of aromatic nitrogens is 3. The highest BCUT2D eigenvalue weighted by Crippen LogP contribution is 2.33. The molecule has 0 spiro atoms. The number of amides is 2. The molecule has 196 valence electrons. The molecule has 0 saturated carbocycles. The molecule has 0 N–H and O–H groups in total. The summed E-state index contributed by atoms with van der Waals surface area (Å²) >= 11 is 0. The van der Waals surface area contributed by atoms with Gasteiger partial charge in [0, 0.05) is 55.9 Å². The molecule has 0 atom stereocenters. The third-order valence-electron chi connectivity index (χ3n) is 6.77. The fraction of sp³-hybridized carbons (Fsp3) is 0.250. The quantitative estimate of drug-likeness (QED) is 0.162. The largest absolute Gasteiger partial charge is 0.317 e. The van der Waals surface area contributed by atoms with Crippen LogP contribution in [0.5, 0.6) is 0 Å². The van der Waals surface area contributed by atoms with Crippen LogP contribution < -0.4 is 0 Å². The molecule has 2 aromatic carbocycles. The zero-order valence-electron chi connectivity index (χ0n) is 21.6. The van der Waals surface area contributed by atoms with Gasteiger partial charge >= 0.3 is 0 Å². The number of hydrogen-bond acceptors (Lipinski definition) is 4. The molecule has 2 amide bonds. The number of imide groups is 1. The minimum absolute atomic E-state index is 0.104. The zero-order chi connectivity index (χ0) is 27.0. The van der Waals surface area contributed by atoms with Crippen molar-refractivity contribution < 1.29 is 14.0 Å². The number of carbonyl (C=O) groups is 2. The summed E-state index contributed by atoms with van der Waals surface area (Å²) in [7, 11) is 0. The van der Waals surface area contributed by atoms with E-state index in [1.54, 1.807) is 24.5 Å². The van der Waals surface area contributed by atoms with Gasteiger partial charge in [-0.25, -0.2) is 9.37 Å². The van der Waals surface area contributed by atoms with Crippen molar-refractivity contribution in [1.82, 2.24) is 19.4 Å². The van der Waals surface area contributed by atoms with Gasteiger partial charge < -0.3 is 4.57 Å². The van der Waals surface area contributed by atoms with Crippen molar-refractivity contribution in [3.05, 3.63) is 96.3 Å². The highest BCUT2D eigenvalue weighted by molar-refractivity contribution is 6.01. The van der Waals surface area contributed by atoms with Gasteiger partial charge in [0.2, 0.25) is 11.8 Å². The highest BCUT2D eigenvalue weighted by atomic mass is 19.1. The Morgan fingerprint density at radius 3 is 2.26 bits per heavy atom. The van der Waals surface area contributed by atoms with E-state index in [4.69, 9.17) is 4.98 Å². The van der Waals surface area contributed by atoms with Crippen molar-refractivity contribution in [2.75, 3.05) is 6.54 Å². The number of benzene rings is 2. The molecule has 1 saturated heterocycles. The third-order valence-corrected chi connectivity index (χ3v) is 6.77. The van der Waals surface area contributed by atoms with Crippen LogP contribution in [-0.2, 0) is 22.6 Å². The molecule has 2 aromatic heterocycles. The predicted molar refractivity (Wildman–Crippen MR) is 148 cm³/mol. The molecule has 1 fully saturated rings. The number of aryl methyl sites for hydroxylation is 1. The molecule has 0 aliphatic carbocycles. The van der Waals surface area contributed by atoms with E-state index >= 15 is 0 Å². The Balaban J connectivity index is 1.45. The lowest BCUT2D eigenvalue weighted by Gasteiger charge is -2.12. The molecule has 0 bridgehead atoms.